The molecule has 0 unspecified atom stereocenters. The lowest BCUT2D eigenvalue weighted by Gasteiger charge is -2.05. The topological polar surface area (TPSA) is 65.4 Å². The van der Waals surface area contributed by atoms with Gasteiger partial charge in [0, 0.05) is 11.4 Å². The summed E-state index contributed by atoms with van der Waals surface area (Å²) >= 11 is 7.36. The minimum Gasteiger partial charge on any atom is -0.496 e. The Balaban J connectivity index is 1.82. The van der Waals surface area contributed by atoms with Gasteiger partial charge in [-0.25, -0.2) is 9.37 Å². The fraction of sp³-hybridized carbons (Fsp3) is 0.0588. The van der Waals surface area contributed by atoms with Crippen LogP contribution < -0.4 is 10.5 Å². The molecule has 4 rings (SSSR count). The SMILES string of the molecule is COc1csc(-c2nc3cc(-c4ccc(F)c(Cl)c4)cc(N)n3n2)c1. The molecule has 0 fully saturated rings. The second kappa shape index (κ2) is 6.02. The maximum absolute atomic E-state index is 13.4. The molecule has 0 bridgehead atoms. The summed E-state index contributed by atoms with van der Waals surface area (Å²) in [7, 11) is 1.61. The number of methoxy groups -OCH3 is 1. The molecule has 0 aliphatic rings. The van der Waals surface area contributed by atoms with Gasteiger partial charge in [-0.3, -0.25) is 0 Å². The van der Waals surface area contributed by atoms with Gasteiger partial charge in [-0.1, -0.05) is 17.7 Å². The van der Waals surface area contributed by atoms with E-state index in [0.717, 1.165) is 21.8 Å². The molecule has 0 spiro atoms. The number of nitrogen functional groups attached to an aromatic ring is 1. The maximum atomic E-state index is 13.4. The van der Waals surface area contributed by atoms with Crippen LogP contribution in [0.2, 0.25) is 5.02 Å². The number of nitrogens with zero attached hydrogens (tertiary/aromatic N) is 3. The molecule has 8 heteroatoms. The predicted octanol–water partition coefficient (Wildman–Crippen LogP) is 4.51. The number of aromatic nitrogens is 3. The van der Waals surface area contributed by atoms with Crippen LogP contribution in [0.15, 0.2) is 41.8 Å². The van der Waals surface area contributed by atoms with Crippen molar-refractivity contribution in [2.75, 3.05) is 12.8 Å². The molecule has 3 heterocycles. The molecule has 0 aliphatic carbocycles. The minimum absolute atomic E-state index is 0.0591. The van der Waals surface area contributed by atoms with E-state index in [4.69, 9.17) is 22.1 Å². The Bertz CT molecular complexity index is 1090. The van der Waals surface area contributed by atoms with Gasteiger partial charge in [0.25, 0.3) is 0 Å². The van der Waals surface area contributed by atoms with Crippen molar-refractivity contribution in [1.29, 1.82) is 0 Å². The van der Waals surface area contributed by atoms with Crippen molar-refractivity contribution in [3.05, 3.63) is 52.6 Å². The van der Waals surface area contributed by atoms with Gasteiger partial charge in [-0.05, 0) is 35.4 Å². The first-order valence-corrected chi connectivity index (χ1v) is 8.55. The first-order chi connectivity index (χ1) is 12.0. The van der Waals surface area contributed by atoms with Crippen molar-refractivity contribution >= 4 is 34.4 Å². The van der Waals surface area contributed by atoms with Gasteiger partial charge in [-0.2, -0.15) is 4.52 Å². The molecule has 1 aromatic carbocycles. The highest BCUT2D eigenvalue weighted by molar-refractivity contribution is 7.13. The Kier molecular flexibility index (Phi) is 3.82. The Morgan fingerprint density at radius 2 is 2.04 bits per heavy atom. The van der Waals surface area contributed by atoms with Crippen molar-refractivity contribution in [3.63, 3.8) is 0 Å². The quantitative estimate of drug-likeness (QED) is 0.573. The Hall–Kier alpha value is -2.64. The number of pyridine rings is 1. The standard InChI is InChI=1S/C17H12ClFN4OS/c1-24-11-7-14(25-8-11)17-21-16-6-10(5-15(20)23(16)22-17)9-2-3-13(19)12(18)4-9/h2-8H,20H2,1H3. The van der Waals surface area contributed by atoms with Crippen LogP contribution in [0, 0.1) is 5.82 Å². The number of halogens is 2. The molecule has 0 amide bonds. The van der Waals surface area contributed by atoms with Gasteiger partial charge < -0.3 is 10.5 Å². The van der Waals surface area contributed by atoms with E-state index < -0.39 is 5.82 Å². The highest BCUT2D eigenvalue weighted by atomic mass is 35.5. The van der Waals surface area contributed by atoms with Crippen molar-refractivity contribution in [3.8, 4) is 27.6 Å². The van der Waals surface area contributed by atoms with Crippen LogP contribution in [0.1, 0.15) is 0 Å². The first kappa shape index (κ1) is 15.9. The summed E-state index contributed by atoms with van der Waals surface area (Å²) in [5.41, 5.74) is 8.25. The molecule has 2 N–H and O–H groups in total. The van der Waals surface area contributed by atoms with Crippen LogP contribution in [-0.2, 0) is 0 Å². The van der Waals surface area contributed by atoms with Crippen LogP contribution >= 0.6 is 22.9 Å². The van der Waals surface area contributed by atoms with Crippen LogP contribution in [0.3, 0.4) is 0 Å². The molecule has 0 atom stereocenters. The number of rotatable bonds is 3. The fourth-order valence-corrected chi connectivity index (χ4v) is 3.46. The molecular weight excluding hydrogens is 363 g/mol. The van der Waals surface area contributed by atoms with E-state index in [2.05, 4.69) is 10.1 Å². The monoisotopic (exact) mass is 374 g/mol. The zero-order valence-corrected chi connectivity index (χ0v) is 14.6. The molecule has 5 nitrogen and oxygen atoms in total. The van der Waals surface area contributed by atoms with Crippen LogP contribution in [0.25, 0.3) is 27.5 Å². The van der Waals surface area contributed by atoms with Gasteiger partial charge in [-0.15, -0.1) is 16.4 Å². The van der Waals surface area contributed by atoms with E-state index >= 15 is 0 Å². The lowest BCUT2D eigenvalue weighted by atomic mass is 10.1. The summed E-state index contributed by atoms with van der Waals surface area (Å²) in [6.07, 6.45) is 0. The van der Waals surface area contributed by atoms with Crippen LogP contribution in [0.5, 0.6) is 5.75 Å². The summed E-state index contributed by atoms with van der Waals surface area (Å²) in [5.74, 6) is 1.29. The largest absolute Gasteiger partial charge is 0.496 e. The lowest BCUT2D eigenvalue weighted by Crippen LogP contribution is -1.99. The number of benzene rings is 1. The highest BCUT2D eigenvalue weighted by Crippen LogP contribution is 2.31. The van der Waals surface area contributed by atoms with E-state index in [1.165, 1.54) is 17.4 Å². The molecule has 3 aromatic heterocycles. The molecule has 0 aliphatic heterocycles. The zero-order chi connectivity index (χ0) is 17.6. The summed E-state index contributed by atoms with van der Waals surface area (Å²) in [5, 5.41) is 6.39. The lowest BCUT2D eigenvalue weighted by molar-refractivity contribution is 0.417. The summed E-state index contributed by atoms with van der Waals surface area (Å²) in [6.45, 7) is 0. The molecule has 0 radical (unpaired) electrons. The number of fused-ring (bicyclic) bond motifs is 1. The zero-order valence-electron chi connectivity index (χ0n) is 13.0. The molecule has 0 saturated carbocycles. The molecule has 0 saturated heterocycles. The predicted molar refractivity (Wildman–Crippen MR) is 97.7 cm³/mol. The van der Waals surface area contributed by atoms with Crippen molar-refractivity contribution in [1.82, 2.24) is 14.6 Å². The maximum Gasteiger partial charge on any atom is 0.192 e. The summed E-state index contributed by atoms with van der Waals surface area (Å²) < 4.78 is 20.1. The van der Waals surface area contributed by atoms with Crippen molar-refractivity contribution < 1.29 is 9.13 Å². The van der Waals surface area contributed by atoms with Gasteiger partial charge in [0.1, 0.15) is 17.4 Å². The average Bonchev–Trinajstić information content (AvgIpc) is 3.23. The summed E-state index contributed by atoms with van der Waals surface area (Å²) in [4.78, 5) is 5.42. The second-order valence-corrected chi connectivity index (χ2v) is 6.67. The van der Waals surface area contributed by atoms with Gasteiger partial charge in [0.2, 0.25) is 0 Å². The van der Waals surface area contributed by atoms with Crippen molar-refractivity contribution in [2.24, 2.45) is 0 Å². The third-order valence-corrected chi connectivity index (χ3v) is 4.94. The van der Waals surface area contributed by atoms with Crippen LogP contribution in [-0.4, -0.2) is 21.7 Å². The normalized spacial score (nSPS) is 11.2. The third-order valence-electron chi connectivity index (χ3n) is 3.75. The Labute approximate surface area is 151 Å². The number of thiophene rings is 1. The number of hydrogen-bond acceptors (Lipinski definition) is 5. The molecule has 25 heavy (non-hydrogen) atoms. The van der Waals surface area contributed by atoms with Gasteiger partial charge >= 0.3 is 0 Å². The smallest absolute Gasteiger partial charge is 0.192 e. The number of ether oxygens (including phenoxy) is 1. The van der Waals surface area contributed by atoms with Gasteiger partial charge in [0.15, 0.2) is 11.5 Å². The summed E-state index contributed by atoms with van der Waals surface area (Å²) in [6, 6.07) is 9.99. The van der Waals surface area contributed by atoms with E-state index in [0.29, 0.717) is 17.3 Å². The number of hydrogen-bond donors (Lipinski definition) is 1. The van der Waals surface area contributed by atoms with E-state index in [1.54, 1.807) is 29.8 Å². The fourth-order valence-electron chi connectivity index (χ4n) is 2.50. The third kappa shape index (κ3) is 2.81. The molecular formula is C17H12ClFN4OS. The van der Waals surface area contributed by atoms with E-state index in [-0.39, 0.29) is 5.02 Å². The van der Waals surface area contributed by atoms with Crippen LogP contribution in [0.4, 0.5) is 10.2 Å². The first-order valence-electron chi connectivity index (χ1n) is 7.30. The van der Waals surface area contributed by atoms with E-state index in [1.807, 2.05) is 17.5 Å². The Morgan fingerprint density at radius 3 is 2.76 bits per heavy atom. The van der Waals surface area contributed by atoms with E-state index in [9.17, 15) is 4.39 Å². The van der Waals surface area contributed by atoms with Crippen molar-refractivity contribution in [2.45, 2.75) is 0 Å². The Morgan fingerprint density at radius 1 is 1.20 bits per heavy atom. The minimum atomic E-state index is -0.462. The second-order valence-electron chi connectivity index (χ2n) is 5.35. The number of anilines is 1. The molecule has 126 valence electrons. The average molecular weight is 375 g/mol. The van der Waals surface area contributed by atoms with Gasteiger partial charge in [0.05, 0.1) is 17.0 Å². The molecule has 4 aromatic rings. The number of nitrogens with two attached hydrogens (primary N) is 1. The highest BCUT2D eigenvalue weighted by Gasteiger charge is 2.13.